The Morgan fingerprint density at radius 2 is 1.72 bits per heavy atom. The minimum absolute atomic E-state index is 0.178. The van der Waals surface area contributed by atoms with Crippen LogP contribution in [0.3, 0.4) is 0 Å². The van der Waals surface area contributed by atoms with Crippen molar-refractivity contribution in [1.29, 1.82) is 0 Å². The third kappa shape index (κ3) is 2.46. The van der Waals surface area contributed by atoms with Crippen molar-refractivity contribution in [2.75, 3.05) is 18.5 Å². The lowest BCUT2D eigenvalue weighted by Gasteiger charge is -2.31. The molecule has 0 aliphatic carbocycles. The zero-order valence-electron chi connectivity index (χ0n) is 13.6. The number of carbonyl (C=O) groups is 2. The molecule has 1 unspecified atom stereocenters. The average Bonchev–Trinajstić information content (AvgIpc) is 2.97. The van der Waals surface area contributed by atoms with Crippen molar-refractivity contribution in [1.82, 2.24) is 10.2 Å². The first kappa shape index (κ1) is 15.4. The molecule has 4 rings (SSSR count). The van der Waals surface area contributed by atoms with Crippen molar-refractivity contribution < 1.29 is 14.0 Å². The fourth-order valence-electron chi connectivity index (χ4n) is 3.29. The maximum absolute atomic E-state index is 13.2. The van der Waals surface area contributed by atoms with E-state index in [2.05, 4.69) is 5.32 Å². The van der Waals surface area contributed by atoms with Crippen LogP contribution in [0.5, 0.6) is 0 Å². The molecule has 0 aromatic heterocycles. The van der Waals surface area contributed by atoms with Crippen molar-refractivity contribution in [2.24, 2.45) is 0 Å². The molecule has 126 valence electrons. The number of anilines is 1. The van der Waals surface area contributed by atoms with Gasteiger partial charge >= 0.3 is 6.03 Å². The Balaban J connectivity index is 1.76. The molecule has 5 nitrogen and oxygen atoms in total. The lowest BCUT2D eigenvalue weighted by Crippen LogP contribution is -2.45. The van der Waals surface area contributed by atoms with Crippen molar-refractivity contribution in [2.45, 2.75) is 6.04 Å². The molecule has 2 aliphatic heterocycles. The van der Waals surface area contributed by atoms with Gasteiger partial charge in [-0.15, -0.1) is 0 Å². The number of hydrogen-bond donors (Lipinski definition) is 1. The van der Waals surface area contributed by atoms with E-state index in [1.807, 2.05) is 30.3 Å². The van der Waals surface area contributed by atoms with Crippen molar-refractivity contribution in [3.8, 4) is 0 Å². The van der Waals surface area contributed by atoms with Gasteiger partial charge in [-0.2, -0.15) is 0 Å². The zero-order chi connectivity index (χ0) is 17.6. The molecule has 0 saturated carbocycles. The first-order valence-corrected chi connectivity index (χ1v) is 7.96. The molecule has 2 aliphatic rings. The molecule has 2 aromatic carbocycles. The second-order valence-electron chi connectivity index (χ2n) is 6.08. The van der Waals surface area contributed by atoms with E-state index >= 15 is 0 Å². The first-order valence-electron chi connectivity index (χ1n) is 7.96. The minimum atomic E-state index is -0.488. The minimum Gasteiger partial charge on any atom is -0.327 e. The van der Waals surface area contributed by atoms with Crippen LogP contribution in [0.15, 0.2) is 65.9 Å². The third-order valence-electron chi connectivity index (χ3n) is 4.63. The van der Waals surface area contributed by atoms with Gasteiger partial charge in [-0.1, -0.05) is 30.3 Å². The summed E-state index contributed by atoms with van der Waals surface area (Å²) in [5.74, 6) is -0.536. The van der Waals surface area contributed by atoms with E-state index in [1.165, 1.54) is 17.0 Å². The molecular weight excluding hydrogens is 321 g/mol. The molecule has 1 N–H and O–H groups in total. The highest BCUT2D eigenvalue weighted by Crippen LogP contribution is 2.37. The van der Waals surface area contributed by atoms with Crippen LogP contribution in [-0.4, -0.2) is 30.4 Å². The molecule has 0 radical (unpaired) electrons. The largest absolute Gasteiger partial charge is 0.327 e. The SMILES string of the molecule is CN1C(=O)NC(c2ccccc2)C2=C1CN(c1ccc(F)cc1)C2=O. The Labute approximate surface area is 144 Å². The number of halogens is 1. The van der Waals surface area contributed by atoms with Crippen LogP contribution >= 0.6 is 0 Å². The van der Waals surface area contributed by atoms with E-state index in [0.29, 0.717) is 17.0 Å². The summed E-state index contributed by atoms with van der Waals surface area (Å²) in [5, 5.41) is 2.89. The average molecular weight is 337 g/mol. The van der Waals surface area contributed by atoms with E-state index in [0.717, 1.165) is 5.56 Å². The number of rotatable bonds is 2. The second kappa shape index (κ2) is 5.73. The molecule has 6 heteroatoms. The quantitative estimate of drug-likeness (QED) is 0.916. The fraction of sp³-hybridized carbons (Fsp3) is 0.158. The van der Waals surface area contributed by atoms with Gasteiger partial charge in [-0.25, -0.2) is 9.18 Å². The lowest BCUT2D eigenvalue weighted by atomic mass is 9.96. The number of likely N-dealkylation sites (N-methyl/N-ethyl adjacent to an activating group) is 1. The molecule has 3 amide bonds. The number of urea groups is 1. The van der Waals surface area contributed by atoms with Crippen LogP contribution in [0.4, 0.5) is 14.9 Å². The van der Waals surface area contributed by atoms with Gasteiger partial charge in [0, 0.05) is 12.7 Å². The highest BCUT2D eigenvalue weighted by atomic mass is 19.1. The Bertz CT molecular complexity index is 877. The number of nitrogens with one attached hydrogen (secondary N) is 1. The van der Waals surface area contributed by atoms with E-state index in [4.69, 9.17) is 0 Å². The summed E-state index contributed by atoms with van der Waals surface area (Å²) in [5.41, 5.74) is 2.68. The number of carbonyl (C=O) groups excluding carboxylic acids is 2. The van der Waals surface area contributed by atoms with E-state index < -0.39 is 6.04 Å². The van der Waals surface area contributed by atoms with Gasteiger partial charge in [0.05, 0.1) is 23.9 Å². The summed E-state index contributed by atoms with van der Waals surface area (Å²) in [7, 11) is 1.65. The van der Waals surface area contributed by atoms with Crippen LogP contribution in [0, 0.1) is 5.82 Å². The maximum Gasteiger partial charge on any atom is 0.322 e. The molecule has 0 fully saturated rings. The Hall–Kier alpha value is -3.15. The summed E-state index contributed by atoms with van der Waals surface area (Å²) >= 11 is 0. The molecule has 1 atom stereocenters. The number of hydrogen-bond acceptors (Lipinski definition) is 2. The highest BCUT2D eigenvalue weighted by molar-refractivity contribution is 6.11. The Morgan fingerprint density at radius 3 is 2.40 bits per heavy atom. The van der Waals surface area contributed by atoms with Crippen LogP contribution in [0.1, 0.15) is 11.6 Å². The van der Waals surface area contributed by atoms with Gasteiger partial charge < -0.3 is 10.2 Å². The third-order valence-corrected chi connectivity index (χ3v) is 4.63. The predicted octanol–water partition coefficient (Wildman–Crippen LogP) is 2.82. The molecule has 25 heavy (non-hydrogen) atoms. The number of nitrogens with zero attached hydrogens (tertiary/aromatic N) is 2. The fourth-order valence-corrected chi connectivity index (χ4v) is 3.29. The zero-order valence-corrected chi connectivity index (χ0v) is 13.6. The molecular formula is C19H16FN3O2. The molecule has 0 bridgehead atoms. The smallest absolute Gasteiger partial charge is 0.322 e. The van der Waals surface area contributed by atoms with Gasteiger partial charge in [0.25, 0.3) is 5.91 Å². The van der Waals surface area contributed by atoms with Gasteiger partial charge in [0.2, 0.25) is 0 Å². The van der Waals surface area contributed by atoms with Crippen molar-refractivity contribution in [3.05, 3.63) is 77.2 Å². The second-order valence-corrected chi connectivity index (χ2v) is 6.08. The highest BCUT2D eigenvalue weighted by Gasteiger charge is 2.43. The normalized spacial score (nSPS) is 20.0. The predicted molar refractivity (Wildman–Crippen MR) is 91.3 cm³/mol. The lowest BCUT2D eigenvalue weighted by molar-refractivity contribution is -0.114. The Kier molecular flexibility index (Phi) is 3.53. The van der Waals surface area contributed by atoms with Crippen LogP contribution in [-0.2, 0) is 4.79 Å². The van der Waals surface area contributed by atoms with Crippen LogP contribution < -0.4 is 10.2 Å². The standard InChI is InChI=1S/C19H16FN3O2/c1-22-15-11-23(14-9-7-13(20)8-10-14)18(24)16(15)17(21-19(22)25)12-5-3-2-4-6-12/h2-10,17H,11H2,1H3,(H,21,25). The van der Waals surface area contributed by atoms with Crippen LogP contribution in [0.25, 0.3) is 0 Å². The summed E-state index contributed by atoms with van der Waals surface area (Å²) in [6, 6.07) is 14.4. The van der Waals surface area contributed by atoms with E-state index in [1.54, 1.807) is 24.1 Å². The van der Waals surface area contributed by atoms with Crippen molar-refractivity contribution in [3.63, 3.8) is 0 Å². The van der Waals surface area contributed by atoms with Gasteiger partial charge in [0.1, 0.15) is 5.82 Å². The van der Waals surface area contributed by atoms with Gasteiger partial charge in [-0.05, 0) is 29.8 Å². The first-order chi connectivity index (χ1) is 12.1. The van der Waals surface area contributed by atoms with Crippen molar-refractivity contribution >= 4 is 17.6 Å². The summed E-state index contributed by atoms with van der Waals surface area (Å²) in [6.07, 6.45) is 0. The maximum atomic E-state index is 13.2. The molecule has 0 saturated heterocycles. The summed E-state index contributed by atoms with van der Waals surface area (Å²) < 4.78 is 13.2. The van der Waals surface area contributed by atoms with E-state index in [-0.39, 0.29) is 24.3 Å². The monoisotopic (exact) mass is 337 g/mol. The van der Waals surface area contributed by atoms with Gasteiger partial charge in [-0.3, -0.25) is 9.69 Å². The van der Waals surface area contributed by atoms with Crippen LogP contribution in [0.2, 0.25) is 0 Å². The molecule has 0 spiro atoms. The number of benzene rings is 2. The van der Waals surface area contributed by atoms with E-state index in [9.17, 15) is 14.0 Å². The topological polar surface area (TPSA) is 52.7 Å². The molecule has 2 heterocycles. The molecule has 2 aromatic rings. The number of amides is 3. The summed E-state index contributed by atoms with van der Waals surface area (Å²) in [6.45, 7) is 0.285. The van der Waals surface area contributed by atoms with Gasteiger partial charge in [0.15, 0.2) is 0 Å². The summed E-state index contributed by atoms with van der Waals surface area (Å²) in [4.78, 5) is 28.4. The Morgan fingerprint density at radius 1 is 1.04 bits per heavy atom.